The van der Waals surface area contributed by atoms with Gasteiger partial charge in [0.25, 0.3) is 0 Å². The van der Waals surface area contributed by atoms with Gasteiger partial charge < -0.3 is 10.2 Å². The lowest BCUT2D eigenvalue weighted by atomic mass is 10.1. The maximum atomic E-state index is 9.55. The molecule has 0 aromatic heterocycles. The summed E-state index contributed by atoms with van der Waals surface area (Å²) in [5.74, 6) is -1.89. The minimum atomic E-state index is -3.24. The third-order valence-corrected chi connectivity index (χ3v) is 1.19. The molecule has 1 aromatic rings. The van der Waals surface area contributed by atoms with E-state index in [9.17, 15) is 10.2 Å². The van der Waals surface area contributed by atoms with Gasteiger partial charge in [0.15, 0.2) is 0 Å². The van der Waals surface area contributed by atoms with Gasteiger partial charge in [0, 0.05) is 15.6 Å². The summed E-state index contributed by atoms with van der Waals surface area (Å²) in [7, 11) is 0. The minimum Gasteiger partial charge on any atom is -0.508 e. The molecule has 0 aliphatic rings. The Balaban J connectivity index is 3.61. The second-order valence-corrected chi connectivity index (χ2v) is 2.22. The van der Waals surface area contributed by atoms with Crippen molar-refractivity contribution in [3.63, 3.8) is 0 Å². The van der Waals surface area contributed by atoms with E-state index in [0.717, 1.165) is 6.92 Å². The number of phenolic OH excluding ortho intramolecular Hbond substituents is 2. The molecule has 2 heteroatoms. The lowest BCUT2D eigenvalue weighted by Gasteiger charge is -2.02. The van der Waals surface area contributed by atoms with Crippen LogP contribution in [0, 0.1) is 0 Å². The minimum absolute atomic E-state index is 0.618. The molecule has 0 fully saturated rings. The molecular formula is C11H16O2. The molecule has 0 aliphatic heterocycles. The fourth-order valence-electron chi connectivity index (χ4n) is 0.732. The van der Waals surface area contributed by atoms with Gasteiger partial charge in [-0.2, -0.15) is 0 Å². The Morgan fingerprint density at radius 2 is 2.08 bits per heavy atom. The summed E-state index contributed by atoms with van der Waals surface area (Å²) >= 11 is 0. The van der Waals surface area contributed by atoms with E-state index in [4.69, 9.17) is 12.3 Å². The highest BCUT2D eigenvalue weighted by Gasteiger charge is 1.98. The lowest BCUT2D eigenvalue weighted by molar-refractivity contribution is 0.449. The maximum Gasteiger partial charge on any atom is 0.119 e. The van der Waals surface area contributed by atoms with Gasteiger partial charge in [-0.15, -0.1) is 0 Å². The first-order chi connectivity index (χ1) is 9.69. The van der Waals surface area contributed by atoms with Crippen molar-refractivity contribution in [1.82, 2.24) is 0 Å². The van der Waals surface area contributed by atoms with Crippen LogP contribution >= 0.6 is 0 Å². The third kappa shape index (κ3) is 3.36. The Labute approximate surface area is 91.5 Å². The van der Waals surface area contributed by atoms with E-state index < -0.39 is 54.7 Å². The number of hydrogen-bond acceptors (Lipinski definition) is 2. The van der Waals surface area contributed by atoms with Crippen molar-refractivity contribution in [2.75, 3.05) is 0 Å². The van der Waals surface area contributed by atoms with E-state index in [1.165, 1.54) is 0 Å². The molecule has 2 nitrogen and oxygen atoms in total. The van der Waals surface area contributed by atoms with E-state index in [1.807, 2.05) is 0 Å². The molecule has 0 bridgehead atoms. The van der Waals surface area contributed by atoms with Crippen LogP contribution in [0.1, 0.15) is 44.0 Å². The third-order valence-electron chi connectivity index (χ3n) is 1.19. The number of phenols is 2. The van der Waals surface area contributed by atoms with E-state index in [-0.39, 0.29) is 0 Å². The molecule has 0 heterocycles. The highest BCUT2D eigenvalue weighted by atomic mass is 16.3. The summed E-state index contributed by atoms with van der Waals surface area (Å²) in [5, 5.41) is 19.0. The number of hydrogen-bond donors (Lipinski definition) is 2. The Hall–Kier alpha value is -1.18. The van der Waals surface area contributed by atoms with Crippen LogP contribution < -0.4 is 0 Å². The van der Waals surface area contributed by atoms with E-state index in [1.54, 1.807) is 0 Å². The van der Waals surface area contributed by atoms with Gasteiger partial charge >= 0.3 is 0 Å². The van der Waals surface area contributed by atoms with Gasteiger partial charge in [0.2, 0.25) is 0 Å². The van der Waals surface area contributed by atoms with E-state index >= 15 is 0 Å². The summed E-state index contributed by atoms with van der Waals surface area (Å²) in [6.45, 7) is 1.07. The highest BCUT2D eigenvalue weighted by Crippen LogP contribution is 2.21. The Morgan fingerprint density at radius 3 is 2.77 bits per heavy atom. The Kier molecular flexibility index (Phi) is 1.17. The second-order valence-electron chi connectivity index (χ2n) is 2.22. The fraction of sp³-hybridized carbons (Fsp3) is 0.455. The quantitative estimate of drug-likeness (QED) is 0.764. The number of benzene rings is 1. The van der Waals surface area contributed by atoms with Crippen LogP contribution in [0.5, 0.6) is 11.5 Å². The zero-order valence-electron chi connectivity index (χ0n) is 16.0. The van der Waals surface area contributed by atoms with Gasteiger partial charge in [-0.05, 0) is 30.4 Å². The maximum absolute atomic E-state index is 9.55. The molecule has 13 heavy (non-hydrogen) atoms. The van der Waals surface area contributed by atoms with Gasteiger partial charge in [-0.25, -0.2) is 0 Å². The summed E-state index contributed by atoms with van der Waals surface area (Å²) in [6, 6.07) is -1.10. The second kappa shape index (κ2) is 4.75. The predicted octanol–water partition coefficient (Wildman–Crippen LogP) is 2.83. The number of rotatable bonds is 4. The van der Waals surface area contributed by atoms with Crippen LogP contribution in [-0.2, 0) is 6.37 Å². The molecular weight excluding hydrogens is 164 g/mol. The van der Waals surface area contributed by atoms with Gasteiger partial charge in [-0.3, -0.25) is 0 Å². The topological polar surface area (TPSA) is 40.5 Å². The Bertz CT molecular complexity index is 583. The molecule has 0 radical (unpaired) electrons. The van der Waals surface area contributed by atoms with Crippen molar-refractivity contribution in [3.05, 3.63) is 23.7 Å². The highest BCUT2D eigenvalue weighted by molar-refractivity contribution is 5.36. The fourth-order valence-corrected chi connectivity index (χ4v) is 0.732. The zero-order valence-corrected chi connectivity index (χ0v) is 7.05. The lowest BCUT2D eigenvalue weighted by Crippen LogP contribution is -1.84. The average molecular weight is 189 g/mol. The summed E-state index contributed by atoms with van der Waals surface area (Å²) in [5.41, 5.74) is -0.798. The number of aryl methyl sites for hydroxylation is 1. The molecule has 0 saturated heterocycles. The van der Waals surface area contributed by atoms with Crippen molar-refractivity contribution < 1.29 is 22.5 Å². The van der Waals surface area contributed by atoms with Crippen molar-refractivity contribution in [2.24, 2.45) is 0 Å². The predicted molar refractivity (Wildman–Crippen MR) is 53.0 cm³/mol. The van der Waals surface area contributed by atoms with Crippen molar-refractivity contribution >= 4 is 0 Å². The van der Waals surface area contributed by atoms with Crippen LogP contribution in [0.3, 0.4) is 0 Å². The average Bonchev–Trinajstić information content (AvgIpc) is 2.39. The van der Waals surface area contributed by atoms with Crippen molar-refractivity contribution in [1.29, 1.82) is 0 Å². The monoisotopic (exact) mass is 189 g/mol. The normalized spacial score (nSPS) is 26.1. The molecule has 72 valence electrons. The molecule has 1 atom stereocenters. The molecule has 1 aromatic carbocycles. The van der Waals surface area contributed by atoms with Gasteiger partial charge in [0.1, 0.15) is 11.5 Å². The van der Waals surface area contributed by atoms with E-state index in [0.29, 0.717) is 6.07 Å². The molecule has 0 amide bonds. The Morgan fingerprint density at radius 1 is 1.31 bits per heavy atom. The first-order valence-corrected chi connectivity index (χ1v) is 3.64. The van der Waals surface area contributed by atoms with E-state index in [2.05, 4.69) is 0 Å². The molecule has 1 unspecified atom stereocenters. The molecule has 0 aliphatic carbocycles. The number of aromatic hydroxyl groups is 2. The zero-order chi connectivity index (χ0) is 17.7. The summed E-state index contributed by atoms with van der Waals surface area (Å²) < 4.78 is 69.0. The summed E-state index contributed by atoms with van der Waals surface area (Å²) in [4.78, 5) is 0. The van der Waals surface area contributed by atoms with Crippen LogP contribution in [0.2, 0.25) is 0 Å². The smallest absolute Gasteiger partial charge is 0.119 e. The van der Waals surface area contributed by atoms with Gasteiger partial charge in [0.05, 0.1) is 2.74 Å². The largest absolute Gasteiger partial charge is 0.508 e. The molecule has 2 N–H and O–H groups in total. The SMILES string of the molecule is [2H]c1c(O)cc(C([2H])([2H])C([2H])([2H])C([2H])([2H])C([2H])C)c([2H])c1O. The van der Waals surface area contributed by atoms with Crippen LogP contribution in [0.15, 0.2) is 18.2 Å². The molecule has 1 rings (SSSR count). The van der Waals surface area contributed by atoms with Crippen LogP contribution in [-0.4, -0.2) is 10.2 Å². The van der Waals surface area contributed by atoms with Gasteiger partial charge in [-0.1, -0.05) is 19.7 Å². The first-order valence-electron chi connectivity index (χ1n) is 8.22. The summed E-state index contributed by atoms with van der Waals surface area (Å²) in [6.07, 6.45) is -10.9. The van der Waals surface area contributed by atoms with Crippen molar-refractivity contribution in [3.8, 4) is 11.5 Å². The molecule has 0 spiro atoms. The van der Waals surface area contributed by atoms with Crippen molar-refractivity contribution in [2.45, 2.75) is 32.4 Å². The standard InChI is InChI=1S/C11H16O2/c1-2-3-4-5-9-6-10(12)8-11(13)7-9/h6-8,12-13H,2-5H2,1H3/i2D,3D2,4D2,5D2,6D,8D. The first kappa shape index (κ1) is 3.19. The molecule has 0 saturated carbocycles. The van der Waals surface area contributed by atoms with Crippen LogP contribution in [0.4, 0.5) is 0 Å². The van der Waals surface area contributed by atoms with Crippen LogP contribution in [0.25, 0.3) is 0 Å².